The molecule has 13 heteroatoms. The number of hydrogen-bond donors (Lipinski definition) is 2. The molecule has 0 aliphatic heterocycles. The number of nitro benzene ring substituents is 2. The van der Waals surface area contributed by atoms with Crippen molar-refractivity contribution in [2.75, 3.05) is 24.9 Å². The van der Waals surface area contributed by atoms with Crippen molar-refractivity contribution < 1.29 is 23.7 Å². The van der Waals surface area contributed by atoms with E-state index in [1.165, 1.54) is 44.6 Å². The Morgan fingerprint density at radius 1 is 0.903 bits per heavy atom. The van der Waals surface area contributed by atoms with Gasteiger partial charge in [-0.2, -0.15) is 4.98 Å². The summed E-state index contributed by atoms with van der Waals surface area (Å²) in [6.07, 6.45) is 0.866. The van der Waals surface area contributed by atoms with Gasteiger partial charge in [-0.1, -0.05) is 0 Å². The van der Waals surface area contributed by atoms with Crippen LogP contribution < -0.4 is 20.1 Å². The molecule has 0 unspecified atom stereocenters. The van der Waals surface area contributed by atoms with Gasteiger partial charge in [-0.15, -0.1) is 0 Å². The van der Waals surface area contributed by atoms with Crippen LogP contribution in [0.15, 0.2) is 42.6 Å². The number of rotatable bonds is 8. The number of hydrogen-bond acceptors (Lipinski definition) is 10. The predicted octanol–water partition coefficient (Wildman–Crippen LogP) is 3.94. The third-order valence-electron chi connectivity index (χ3n) is 4.03. The molecule has 12 nitrogen and oxygen atoms in total. The number of anilines is 4. The zero-order valence-electron chi connectivity index (χ0n) is 16.2. The second-order valence-corrected chi connectivity index (χ2v) is 5.92. The van der Waals surface area contributed by atoms with E-state index in [0.29, 0.717) is 0 Å². The van der Waals surface area contributed by atoms with Gasteiger partial charge in [-0.25, -0.2) is 9.37 Å². The minimum Gasteiger partial charge on any atom is -0.495 e. The molecule has 2 aromatic carbocycles. The summed E-state index contributed by atoms with van der Waals surface area (Å²) < 4.78 is 24.6. The molecule has 0 saturated heterocycles. The van der Waals surface area contributed by atoms with Crippen molar-refractivity contribution >= 4 is 34.5 Å². The molecule has 0 fully saturated rings. The number of methoxy groups -OCH3 is 2. The van der Waals surface area contributed by atoms with E-state index in [1.807, 2.05) is 0 Å². The quantitative estimate of drug-likeness (QED) is 0.396. The lowest BCUT2D eigenvalue weighted by Gasteiger charge is -2.13. The molecular weight excluding hydrogens is 415 g/mol. The zero-order chi connectivity index (χ0) is 22.5. The van der Waals surface area contributed by atoms with Gasteiger partial charge >= 0.3 is 0 Å². The number of nitrogens with one attached hydrogen (secondary N) is 2. The number of aromatic nitrogens is 2. The first-order valence-corrected chi connectivity index (χ1v) is 8.53. The number of halogens is 1. The maximum Gasteiger partial charge on any atom is 0.271 e. The van der Waals surface area contributed by atoms with Crippen molar-refractivity contribution in [1.29, 1.82) is 0 Å². The Morgan fingerprint density at radius 3 is 1.90 bits per heavy atom. The van der Waals surface area contributed by atoms with Gasteiger partial charge in [0.15, 0.2) is 11.6 Å². The van der Waals surface area contributed by atoms with Crippen LogP contribution in [0.25, 0.3) is 0 Å². The second kappa shape index (κ2) is 8.86. The fourth-order valence-electron chi connectivity index (χ4n) is 2.58. The van der Waals surface area contributed by atoms with E-state index < -0.39 is 15.7 Å². The van der Waals surface area contributed by atoms with Gasteiger partial charge in [0.1, 0.15) is 11.5 Å². The van der Waals surface area contributed by atoms with Gasteiger partial charge in [0.2, 0.25) is 5.95 Å². The Kier molecular flexibility index (Phi) is 6.05. The zero-order valence-corrected chi connectivity index (χ0v) is 16.2. The van der Waals surface area contributed by atoms with Crippen LogP contribution in [0.1, 0.15) is 0 Å². The first kappa shape index (κ1) is 21.2. The monoisotopic (exact) mass is 430 g/mol. The number of nitrogens with zero attached hydrogens (tertiary/aromatic N) is 4. The number of ether oxygens (including phenoxy) is 2. The maximum atomic E-state index is 14.3. The molecule has 2 N–H and O–H groups in total. The third-order valence-corrected chi connectivity index (χ3v) is 4.03. The molecule has 1 heterocycles. The summed E-state index contributed by atoms with van der Waals surface area (Å²) in [5.41, 5.74) is -0.155. The molecule has 0 saturated carbocycles. The van der Waals surface area contributed by atoms with Crippen LogP contribution in [0.2, 0.25) is 0 Å². The van der Waals surface area contributed by atoms with Crippen LogP contribution in [-0.4, -0.2) is 34.0 Å². The minimum atomic E-state index is -0.842. The Morgan fingerprint density at radius 2 is 1.42 bits per heavy atom. The van der Waals surface area contributed by atoms with Crippen LogP contribution in [0.4, 0.5) is 38.9 Å². The molecule has 0 spiro atoms. The Balaban J connectivity index is 1.95. The van der Waals surface area contributed by atoms with Gasteiger partial charge in [0, 0.05) is 24.3 Å². The first-order valence-electron chi connectivity index (χ1n) is 8.53. The molecular formula is C18H15FN6O6. The molecule has 160 valence electrons. The summed E-state index contributed by atoms with van der Waals surface area (Å²) in [5, 5.41) is 27.4. The lowest BCUT2D eigenvalue weighted by molar-refractivity contribution is -0.385. The normalized spacial score (nSPS) is 10.3. The summed E-state index contributed by atoms with van der Waals surface area (Å²) in [6.45, 7) is 0. The van der Waals surface area contributed by atoms with E-state index in [0.717, 1.165) is 12.3 Å². The Bertz CT molecular complexity index is 1160. The van der Waals surface area contributed by atoms with Gasteiger partial charge in [-0.3, -0.25) is 20.2 Å². The van der Waals surface area contributed by atoms with Crippen molar-refractivity contribution in [3.63, 3.8) is 0 Å². The largest absolute Gasteiger partial charge is 0.495 e. The summed E-state index contributed by atoms with van der Waals surface area (Å²) in [4.78, 5) is 28.7. The highest BCUT2D eigenvalue weighted by atomic mass is 19.1. The fourth-order valence-corrected chi connectivity index (χ4v) is 2.58. The van der Waals surface area contributed by atoms with Crippen molar-refractivity contribution in [3.05, 3.63) is 68.6 Å². The Labute approximate surface area is 174 Å². The molecule has 0 atom stereocenters. The molecule has 0 aliphatic carbocycles. The summed E-state index contributed by atoms with van der Waals surface area (Å²) in [5.74, 6) is -0.759. The van der Waals surface area contributed by atoms with Gasteiger partial charge < -0.3 is 20.1 Å². The van der Waals surface area contributed by atoms with Crippen LogP contribution in [0, 0.1) is 26.0 Å². The van der Waals surface area contributed by atoms with Crippen molar-refractivity contribution in [3.8, 4) is 11.5 Å². The molecule has 3 aromatic rings. The van der Waals surface area contributed by atoms with Gasteiger partial charge in [0.05, 0.1) is 41.6 Å². The molecule has 31 heavy (non-hydrogen) atoms. The molecule has 1 aromatic heterocycles. The maximum absolute atomic E-state index is 14.3. The SMILES string of the molecule is COc1ccc([N+](=O)[O-])cc1Nc1ncc(F)c(Nc2cc([N+](=O)[O-])ccc2OC)n1. The summed E-state index contributed by atoms with van der Waals surface area (Å²) in [6, 6.07) is 7.61. The van der Waals surface area contributed by atoms with E-state index in [1.54, 1.807) is 0 Å². The lowest BCUT2D eigenvalue weighted by atomic mass is 10.2. The highest BCUT2D eigenvalue weighted by molar-refractivity contribution is 5.70. The van der Waals surface area contributed by atoms with E-state index in [4.69, 9.17) is 9.47 Å². The van der Waals surface area contributed by atoms with Crippen LogP contribution >= 0.6 is 0 Å². The van der Waals surface area contributed by atoms with E-state index in [9.17, 15) is 24.6 Å². The smallest absolute Gasteiger partial charge is 0.271 e. The second-order valence-electron chi connectivity index (χ2n) is 5.92. The van der Waals surface area contributed by atoms with Crippen LogP contribution in [-0.2, 0) is 0 Å². The number of non-ortho nitro benzene ring substituents is 2. The number of nitro groups is 2. The molecule has 0 radical (unpaired) electrons. The fraction of sp³-hybridized carbons (Fsp3) is 0.111. The molecule has 3 rings (SSSR count). The molecule has 0 aliphatic rings. The standard InChI is InChI=1S/C18H15FN6O6/c1-30-15-5-3-10(24(26)27)7-13(15)21-17-12(19)9-20-18(23-17)22-14-8-11(25(28)29)4-6-16(14)31-2/h3-9H,1-2H3,(H2,20,21,22,23). The van der Waals surface area contributed by atoms with Crippen molar-refractivity contribution in [1.82, 2.24) is 9.97 Å². The van der Waals surface area contributed by atoms with Crippen molar-refractivity contribution in [2.45, 2.75) is 0 Å². The topological polar surface area (TPSA) is 155 Å². The van der Waals surface area contributed by atoms with Crippen LogP contribution in [0.3, 0.4) is 0 Å². The summed E-state index contributed by atoms with van der Waals surface area (Å²) in [7, 11) is 2.73. The highest BCUT2D eigenvalue weighted by Crippen LogP contribution is 2.33. The average molecular weight is 430 g/mol. The lowest BCUT2D eigenvalue weighted by Crippen LogP contribution is -2.05. The van der Waals surface area contributed by atoms with Gasteiger partial charge in [-0.05, 0) is 12.1 Å². The van der Waals surface area contributed by atoms with E-state index in [-0.39, 0.29) is 46.0 Å². The van der Waals surface area contributed by atoms with E-state index in [2.05, 4.69) is 20.6 Å². The molecule has 0 amide bonds. The third kappa shape index (κ3) is 4.72. The average Bonchev–Trinajstić information content (AvgIpc) is 2.75. The van der Waals surface area contributed by atoms with Gasteiger partial charge in [0.25, 0.3) is 11.4 Å². The predicted molar refractivity (Wildman–Crippen MR) is 108 cm³/mol. The highest BCUT2D eigenvalue weighted by Gasteiger charge is 2.16. The van der Waals surface area contributed by atoms with Crippen molar-refractivity contribution in [2.24, 2.45) is 0 Å². The summed E-state index contributed by atoms with van der Waals surface area (Å²) >= 11 is 0. The van der Waals surface area contributed by atoms with Crippen LogP contribution in [0.5, 0.6) is 11.5 Å². The first-order chi connectivity index (χ1) is 14.8. The Hall–Kier alpha value is -4.55. The minimum absolute atomic E-state index is 0.105. The number of benzene rings is 2. The van der Waals surface area contributed by atoms with E-state index >= 15 is 0 Å². The molecule has 0 bridgehead atoms.